The smallest absolute Gasteiger partial charge is 0.416 e. The van der Waals surface area contributed by atoms with E-state index in [1.165, 1.54) is 31.3 Å². The van der Waals surface area contributed by atoms with Crippen molar-refractivity contribution in [2.24, 2.45) is 0 Å². The summed E-state index contributed by atoms with van der Waals surface area (Å²) < 4.78 is 94.7. The molecule has 0 saturated carbocycles. The molecule has 9 nitrogen and oxygen atoms in total. The normalized spacial score (nSPS) is 18.7. The number of likely N-dealkylation sites (N-methyl/N-ethyl adjacent to an activating group) is 1. The number of halogens is 7. The highest BCUT2D eigenvalue weighted by Gasteiger charge is 2.49. The number of carboxylic acid groups (broad SMARTS) is 1. The number of likely N-dealkylation sites (tertiary alicyclic amines) is 1. The average Bonchev–Trinajstić information content (AvgIpc) is 3.36. The summed E-state index contributed by atoms with van der Waals surface area (Å²) in [7, 11) is 2.16. The summed E-state index contributed by atoms with van der Waals surface area (Å²) in [5.41, 5.74) is -3.73. The van der Waals surface area contributed by atoms with Crippen molar-refractivity contribution in [2.75, 3.05) is 25.5 Å². The van der Waals surface area contributed by atoms with Crippen molar-refractivity contribution in [3.63, 3.8) is 0 Å². The van der Waals surface area contributed by atoms with Gasteiger partial charge in [-0.15, -0.1) is 0 Å². The number of nitrogens with zero attached hydrogens (tertiary/aromatic N) is 4. The lowest BCUT2D eigenvalue weighted by molar-refractivity contribution is -0.384. The summed E-state index contributed by atoms with van der Waals surface area (Å²) in [5.74, 6) is -1.47. The van der Waals surface area contributed by atoms with Crippen molar-refractivity contribution in [1.29, 1.82) is 0 Å². The van der Waals surface area contributed by atoms with Crippen molar-refractivity contribution in [3.05, 3.63) is 105 Å². The molecule has 1 saturated heterocycles. The molecule has 16 heteroatoms. The fraction of sp³-hybridized carbons (Fsp3) is 0.286. The fourth-order valence-corrected chi connectivity index (χ4v) is 5.31. The number of non-ortho nitro benzene ring substituents is 1. The number of hydrogen-bond acceptors (Lipinski definition) is 4. The monoisotopic (exact) mass is 628 g/mol. The van der Waals surface area contributed by atoms with E-state index in [1.54, 1.807) is 0 Å². The van der Waals surface area contributed by atoms with Crippen LogP contribution >= 0.6 is 0 Å². The summed E-state index contributed by atoms with van der Waals surface area (Å²) >= 11 is 0. The fourth-order valence-electron chi connectivity index (χ4n) is 5.31. The van der Waals surface area contributed by atoms with Crippen LogP contribution in [0.25, 0.3) is 0 Å². The first kappa shape index (κ1) is 32.0. The average molecular weight is 629 g/mol. The Morgan fingerprint density at radius 2 is 1.39 bits per heavy atom. The molecule has 234 valence electrons. The van der Waals surface area contributed by atoms with E-state index in [-0.39, 0.29) is 23.9 Å². The second-order valence-electron chi connectivity index (χ2n) is 10.1. The maximum atomic E-state index is 13.8. The van der Waals surface area contributed by atoms with E-state index in [0.29, 0.717) is 22.6 Å². The zero-order chi connectivity index (χ0) is 32.7. The molecule has 1 fully saturated rings. The predicted molar refractivity (Wildman–Crippen MR) is 142 cm³/mol. The van der Waals surface area contributed by atoms with Crippen LogP contribution in [0.3, 0.4) is 0 Å². The molecule has 1 unspecified atom stereocenters. The van der Waals surface area contributed by atoms with Crippen molar-refractivity contribution in [3.8, 4) is 0 Å². The minimum absolute atomic E-state index is 0.0809. The topological polar surface area (TPSA) is 107 Å². The SMILES string of the molecule is CN(C(=O)N(C)[C@@H]1C(c2ccc([N+](=O)[O-])cc2)N(C(=O)O)C[C@H]1c1ccc(F)cc1)c1cc(C(F)(F)F)cc(C(F)(F)F)c1. The van der Waals surface area contributed by atoms with E-state index >= 15 is 0 Å². The second-order valence-corrected chi connectivity index (χ2v) is 10.1. The standard InChI is InChI=1S/C28H23F7N4O5/c1-36(21-12-17(27(30,31)32)11-18(13-21)28(33,34)35)25(40)37(2)24-22(15-3-7-19(29)8-4-15)14-38(26(41)42)23(24)16-5-9-20(10-6-16)39(43)44/h3-13,22-24H,14H2,1-2H3,(H,41,42)/t22-,23?,24-/m0/s1. The van der Waals surface area contributed by atoms with Crippen LogP contribution in [0.4, 0.5) is 51.7 Å². The number of benzene rings is 3. The summed E-state index contributed by atoms with van der Waals surface area (Å²) in [6, 6.07) is 6.96. The summed E-state index contributed by atoms with van der Waals surface area (Å²) in [5, 5.41) is 21.3. The highest BCUT2D eigenvalue weighted by molar-refractivity contribution is 5.92. The third-order valence-electron chi connectivity index (χ3n) is 7.45. The molecule has 0 spiro atoms. The van der Waals surface area contributed by atoms with Crippen molar-refractivity contribution < 1.29 is 50.4 Å². The maximum absolute atomic E-state index is 13.8. The number of carbonyl (C=O) groups is 2. The lowest BCUT2D eigenvalue weighted by Gasteiger charge is -2.37. The van der Waals surface area contributed by atoms with E-state index in [0.717, 1.165) is 41.1 Å². The van der Waals surface area contributed by atoms with Gasteiger partial charge in [0.2, 0.25) is 0 Å². The Bertz CT molecular complexity index is 1530. The zero-order valence-corrected chi connectivity index (χ0v) is 22.8. The molecule has 3 atom stereocenters. The van der Waals surface area contributed by atoms with E-state index < -0.39 is 70.0 Å². The number of anilines is 1. The highest BCUT2D eigenvalue weighted by atomic mass is 19.4. The first-order valence-electron chi connectivity index (χ1n) is 12.7. The van der Waals surface area contributed by atoms with Crippen LogP contribution in [-0.4, -0.2) is 58.6 Å². The number of alkyl halides is 6. The van der Waals surface area contributed by atoms with Crippen LogP contribution in [0.1, 0.15) is 34.2 Å². The number of nitro groups is 1. The number of urea groups is 1. The number of carbonyl (C=O) groups excluding carboxylic acids is 1. The van der Waals surface area contributed by atoms with Gasteiger partial charge in [0, 0.05) is 44.4 Å². The molecule has 4 rings (SSSR count). The predicted octanol–water partition coefficient (Wildman–Crippen LogP) is 7.15. The minimum atomic E-state index is -5.17. The molecule has 3 aromatic carbocycles. The third-order valence-corrected chi connectivity index (χ3v) is 7.45. The lowest BCUT2D eigenvalue weighted by atomic mass is 9.87. The van der Waals surface area contributed by atoms with Gasteiger partial charge in [0.15, 0.2) is 0 Å². The molecule has 0 radical (unpaired) electrons. The van der Waals surface area contributed by atoms with Gasteiger partial charge >= 0.3 is 24.5 Å². The minimum Gasteiger partial charge on any atom is -0.465 e. The maximum Gasteiger partial charge on any atom is 0.416 e. The Morgan fingerprint density at radius 3 is 1.84 bits per heavy atom. The Morgan fingerprint density at radius 1 is 0.886 bits per heavy atom. The molecular formula is C28H23F7N4O5. The first-order valence-corrected chi connectivity index (χ1v) is 12.7. The van der Waals surface area contributed by atoms with Crippen molar-refractivity contribution in [1.82, 2.24) is 9.80 Å². The molecule has 1 aliphatic rings. The number of amides is 3. The Balaban J connectivity index is 1.82. The quantitative estimate of drug-likeness (QED) is 0.184. The van der Waals surface area contributed by atoms with Crippen LogP contribution in [0.2, 0.25) is 0 Å². The largest absolute Gasteiger partial charge is 0.465 e. The summed E-state index contributed by atoms with van der Waals surface area (Å²) in [4.78, 5) is 39.1. The van der Waals surface area contributed by atoms with Crippen LogP contribution in [0.15, 0.2) is 66.7 Å². The van der Waals surface area contributed by atoms with Gasteiger partial charge in [-0.05, 0) is 41.5 Å². The molecule has 3 aromatic rings. The molecular weight excluding hydrogens is 605 g/mol. The molecule has 3 amide bonds. The molecule has 1 aliphatic heterocycles. The van der Waals surface area contributed by atoms with Crippen LogP contribution in [-0.2, 0) is 12.4 Å². The van der Waals surface area contributed by atoms with Gasteiger partial charge in [0.1, 0.15) is 5.82 Å². The van der Waals surface area contributed by atoms with E-state index in [2.05, 4.69) is 0 Å². The first-order chi connectivity index (χ1) is 20.4. The van der Waals surface area contributed by atoms with Gasteiger partial charge in [0.25, 0.3) is 5.69 Å². The Hall–Kier alpha value is -4.89. The number of nitro benzene ring substituents is 1. The third kappa shape index (κ3) is 6.38. The molecule has 0 bridgehead atoms. The van der Waals surface area contributed by atoms with Crippen LogP contribution < -0.4 is 4.90 Å². The van der Waals surface area contributed by atoms with Gasteiger partial charge in [-0.1, -0.05) is 24.3 Å². The number of hydrogen-bond donors (Lipinski definition) is 1. The Kier molecular flexibility index (Phi) is 8.48. The van der Waals surface area contributed by atoms with Gasteiger partial charge in [0.05, 0.1) is 28.1 Å². The molecule has 1 heterocycles. The van der Waals surface area contributed by atoms with E-state index in [9.17, 15) is 55.5 Å². The van der Waals surface area contributed by atoms with Crippen molar-refractivity contribution >= 4 is 23.5 Å². The van der Waals surface area contributed by atoms with Crippen LogP contribution in [0, 0.1) is 15.9 Å². The molecule has 44 heavy (non-hydrogen) atoms. The summed E-state index contributed by atoms with van der Waals surface area (Å²) in [6.45, 7) is -0.254. The number of rotatable bonds is 5. The lowest BCUT2D eigenvalue weighted by Crippen LogP contribution is -2.49. The molecule has 1 N–H and O–H groups in total. The van der Waals surface area contributed by atoms with E-state index in [4.69, 9.17) is 0 Å². The van der Waals surface area contributed by atoms with Gasteiger partial charge < -0.3 is 10.0 Å². The Labute approximate surface area is 244 Å². The van der Waals surface area contributed by atoms with Gasteiger partial charge in [-0.25, -0.2) is 14.0 Å². The van der Waals surface area contributed by atoms with E-state index in [1.807, 2.05) is 0 Å². The molecule has 0 aromatic heterocycles. The zero-order valence-electron chi connectivity index (χ0n) is 22.8. The van der Waals surface area contributed by atoms with Gasteiger partial charge in [-0.2, -0.15) is 26.3 Å². The van der Waals surface area contributed by atoms with Gasteiger partial charge in [-0.3, -0.25) is 19.9 Å². The summed E-state index contributed by atoms with van der Waals surface area (Å²) in [6.07, 6.45) is -11.8. The van der Waals surface area contributed by atoms with Crippen molar-refractivity contribution in [2.45, 2.75) is 30.4 Å². The second kappa shape index (κ2) is 11.7. The highest BCUT2D eigenvalue weighted by Crippen LogP contribution is 2.45. The molecule has 0 aliphatic carbocycles. The van der Waals surface area contributed by atoms with Crippen LogP contribution in [0.5, 0.6) is 0 Å².